The molecule has 0 aliphatic rings. The Hall–Kier alpha value is -0.950. The minimum Gasteiger partial charge on any atom is -0.383 e. The summed E-state index contributed by atoms with van der Waals surface area (Å²) in [5.74, 6) is 0.924. The Kier molecular flexibility index (Phi) is 6.46. The molecular weight excluding hydrogens is 290 g/mol. The van der Waals surface area contributed by atoms with Crippen LogP contribution in [0.25, 0.3) is 0 Å². The number of aryl methyl sites for hydroxylation is 1. The second kappa shape index (κ2) is 8.36. The molecule has 0 aliphatic carbocycles. The van der Waals surface area contributed by atoms with Crippen molar-refractivity contribution >= 4 is 23.3 Å². The van der Waals surface area contributed by atoms with Crippen molar-refractivity contribution in [2.75, 3.05) is 20.3 Å². The van der Waals surface area contributed by atoms with Crippen molar-refractivity contribution < 1.29 is 4.74 Å². The average molecular weight is 309 g/mol. The van der Waals surface area contributed by atoms with Crippen LogP contribution in [0.15, 0.2) is 33.5 Å². The summed E-state index contributed by atoms with van der Waals surface area (Å²) in [5.41, 5.74) is 1.28. The van der Waals surface area contributed by atoms with Crippen molar-refractivity contribution in [3.8, 4) is 0 Å². The van der Waals surface area contributed by atoms with Gasteiger partial charge in [-0.3, -0.25) is 0 Å². The van der Waals surface area contributed by atoms with E-state index in [0.29, 0.717) is 0 Å². The number of nitrogens with one attached hydrogen (secondary N) is 1. The fourth-order valence-corrected chi connectivity index (χ4v) is 3.45. The Bertz CT molecular complexity index is 531. The van der Waals surface area contributed by atoms with E-state index in [1.165, 1.54) is 22.0 Å². The summed E-state index contributed by atoms with van der Waals surface area (Å²) in [6.45, 7) is 4.50. The molecule has 0 atom stereocenters. The molecule has 0 saturated heterocycles. The maximum absolute atomic E-state index is 5.04. The van der Waals surface area contributed by atoms with Gasteiger partial charge in [-0.15, -0.1) is 0 Å². The van der Waals surface area contributed by atoms with Gasteiger partial charge in [-0.05, 0) is 23.2 Å². The van der Waals surface area contributed by atoms with Crippen LogP contribution >= 0.6 is 23.3 Å². The fraction of sp³-hybridized carbons (Fsp3) is 0.429. The zero-order valence-electron chi connectivity index (χ0n) is 11.8. The molecule has 0 amide bonds. The first-order chi connectivity index (χ1) is 9.83. The second-order valence-electron chi connectivity index (χ2n) is 4.21. The lowest BCUT2D eigenvalue weighted by Crippen LogP contribution is -2.18. The van der Waals surface area contributed by atoms with Gasteiger partial charge in [0.25, 0.3) is 0 Å². The van der Waals surface area contributed by atoms with Crippen LogP contribution in [-0.2, 0) is 17.7 Å². The lowest BCUT2D eigenvalue weighted by atomic mass is 10.2. The Morgan fingerprint density at radius 2 is 2.20 bits per heavy atom. The summed E-state index contributed by atoms with van der Waals surface area (Å²) >= 11 is 3.16. The van der Waals surface area contributed by atoms with Crippen LogP contribution in [0, 0.1) is 0 Å². The molecule has 0 saturated carbocycles. The highest BCUT2D eigenvalue weighted by Crippen LogP contribution is 2.31. The Labute approximate surface area is 128 Å². The van der Waals surface area contributed by atoms with E-state index in [9.17, 15) is 0 Å². The van der Waals surface area contributed by atoms with E-state index < -0.39 is 0 Å². The summed E-state index contributed by atoms with van der Waals surface area (Å²) in [5, 5.41) is 3.37. The van der Waals surface area contributed by atoms with Gasteiger partial charge in [0.15, 0.2) is 4.34 Å². The van der Waals surface area contributed by atoms with Gasteiger partial charge in [0, 0.05) is 31.5 Å². The molecule has 108 valence electrons. The van der Waals surface area contributed by atoms with Crippen molar-refractivity contribution in [2.24, 2.45) is 0 Å². The number of aromatic nitrogens is 2. The molecular formula is C14H19N3OS2. The fourth-order valence-electron chi connectivity index (χ4n) is 1.66. The number of methoxy groups -OCH3 is 1. The number of hydrogen-bond donors (Lipinski definition) is 1. The number of nitrogens with zero attached hydrogens (tertiary/aromatic N) is 2. The van der Waals surface area contributed by atoms with Gasteiger partial charge in [-0.2, -0.15) is 4.37 Å². The molecule has 1 aromatic heterocycles. The van der Waals surface area contributed by atoms with Crippen LogP contribution in [0.1, 0.15) is 18.3 Å². The zero-order chi connectivity index (χ0) is 14.2. The van der Waals surface area contributed by atoms with E-state index in [1.54, 1.807) is 18.9 Å². The molecule has 0 unspecified atom stereocenters. The minimum absolute atomic E-state index is 0.728. The predicted molar refractivity (Wildman–Crippen MR) is 83.4 cm³/mol. The van der Waals surface area contributed by atoms with Gasteiger partial charge < -0.3 is 10.1 Å². The molecule has 0 aliphatic heterocycles. The van der Waals surface area contributed by atoms with Crippen LogP contribution in [0.5, 0.6) is 0 Å². The first-order valence-electron chi connectivity index (χ1n) is 6.61. The van der Waals surface area contributed by atoms with Gasteiger partial charge >= 0.3 is 0 Å². The molecule has 0 fully saturated rings. The smallest absolute Gasteiger partial charge is 0.174 e. The molecule has 2 aromatic rings. The second-order valence-corrected chi connectivity index (χ2v) is 6.25. The summed E-state index contributed by atoms with van der Waals surface area (Å²) in [4.78, 5) is 5.74. The number of rotatable bonds is 8. The molecule has 0 radical (unpaired) electrons. The predicted octanol–water partition coefficient (Wildman–Crippen LogP) is 2.99. The molecule has 2 rings (SSSR count). The Morgan fingerprint density at radius 3 is 2.95 bits per heavy atom. The highest BCUT2D eigenvalue weighted by molar-refractivity contribution is 8.01. The van der Waals surface area contributed by atoms with Crippen LogP contribution in [-0.4, -0.2) is 29.6 Å². The molecule has 6 heteroatoms. The zero-order valence-corrected chi connectivity index (χ0v) is 13.4. The summed E-state index contributed by atoms with van der Waals surface area (Å²) in [6.07, 6.45) is 0.886. The van der Waals surface area contributed by atoms with Crippen molar-refractivity contribution in [3.63, 3.8) is 0 Å². The monoisotopic (exact) mass is 309 g/mol. The normalized spacial score (nSPS) is 10.9. The van der Waals surface area contributed by atoms with Crippen molar-refractivity contribution in [2.45, 2.75) is 29.1 Å². The minimum atomic E-state index is 0.728. The lowest BCUT2D eigenvalue weighted by Gasteiger charge is -2.08. The quantitative estimate of drug-likeness (QED) is 0.760. The van der Waals surface area contributed by atoms with E-state index in [-0.39, 0.29) is 0 Å². The van der Waals surface area contributed by atoms with E-state index in [1.807, 2.05) is 0 Å². The van der Waals surface area contributed by atoms with Gasteiger partial charge in [0.1, 0.15) is 5.82 Å². The average Bonchev–Trinajstić information content (AvgIpc) is 2.93. The highest BCUT2D eigenvalue weighted by Gasteiger charge is 2.08. The summed E-state index contributed by atoms with van der Waals surface area (Å²) in [6, 6.07) is 8.40. The number of benzene rings is 1. The standard InChI is InChI=1S/C14H19N3OS2/c1-3-13-16-14(20-17-13)19-12-7-5-4-6-11(12)10-15-8-9-18-2/h4-7,15H,3,8-10H2,1-2H3. The van der Waals surface area contributed by atoms with Gasteiger partial charge in [0.05, 0.1) is 6.61 Å². The third kappa shape index (κ3) is 4.56. The lowest BCUT2D eigenvalue weighted by molar-refractivity contribution is 0.199. The van der Waals surface area contributed by atoms with E-state index in [0.717, 1.165) is 36.3 Å². The molecule has 0 bridgehead atoms. The highest BCUT2D eigenvalue weighted by atomic mass is 32.2. The molecule has 1 heterocycles. The molecule has 4 nitrogen and oxygen atoms in total. The maximum Gasteiger partial charge on any atom is 0.174 e. The topological polar surface area (TPSA) is 47.0 Å². The van der Waals surface area contributed by atoms with Crippen LogP contribution in [0.3, 0.4) is 0 Å². The van der Waals surface area contributed by atoms with Crippen molar-refractivity contribution in [1.82, 2.24) is 14.7 Å². The Balaban J connectivity index is 1.99. The van der Waals surface area contributed by atoms with E-state index >= 15 is 0 Å². The van der Waals surface area contributed by atoms with E-state index in [2.05, 4.69) is 45.9 Å². The van der Waals surface area contributed by atoms with Crippen LogP contribution in [0.4, 0.5) is 0 Å². The first-order valence-corrected chi connectivity index (χ1v) is 8.20. The van der Waals surface area contributed by atoms with E-state index in [4.69, 9.17) is 4.74 Å². The third-order valence-corrected chi connectivity index (χ3v) is 4.64. The first kappa shape index (κ1) is 15.4. The molecule has 1 N–H and O–H groups in total. The number of hydrogen-bond acceptors (Lipinski definition) is 6. The van der Waals surface area contributed by atoms with Gasteiger partial charge in [-0.1, -0.05) is 36.9 Å². The largest absolute Gasteiger partial charge is 0.383 e. The van der Waals surface area contributed by atoms with Crippen LogP contribution in [0.2, 0.25) is 0 Å². The summed E-state index contributed by atoms with van der Waals surface area (Å²) < 4.78 is 10.4. The van der Waals surface area contributed by atoms with Gasteiger partial charge in [-0.25, -0.2) is 4.98 Å². The number of ether oxygens (including phenoxy) is 1. The van der Waals surface area contributed by atoms with Crippen LogP contribution < -0.4 is 5.32 Å². The van der Waals surface area contributed by atoms with Crippen molar-refractivity contribution in [1.29, 1.82) is 0 Å². The third-order valence-electron chi connectivity index (χ3n) is 2.73. The summed E-state index contributed by atoms with van der Waals surface area (Å²) in [7, 11) is 1.71. The SMILES string of the molecule is CCc1nsc(Sc2ccccc2CNCCOC)n1. The van der Waals surface area contributed by atoms with Crippen molar-refractivity contribution in [3.05, 3.63) is 35.7 Å². The molecule has 20 heavy (non-hydrogen) atoms. The molecule has 0 spiro atoms. The molecule has 1 aromatic carbocycles. The van der Waals surface area contributed by atoms with Gasteiger partial charge in [0.2, 0.25) is 0 Å². The Morgan fingerprint density at radius 1 is 1.35 bits per heavy atom. The maximum atomic E-state index is 5.04.